The predicted octanol–water partition coefficient (Wildman–Crippen LogP) is 3.80. The van der Waals surface area contributed by atoms with Crippen LogP contribution in [0.2, 0.25) is 0 Å². The number of amides is 2. The fourth-order valence-corrected chi connectivity index (χ4v) is 5.33. The second-order valence-corrected chi connectivity index (χ2v) is 10.5. The van der Waals surface area contributed by atoms with Crippen LogP contribution in [0.15, 0.2) is 59.5 Å². The molecule has 1 saturated carbocycles. The van der Waals surface area contributed by atoms with E-state index in [2.05, 4.69) is 10.6 Å². The Balaban J connectivity index is 1.37. The van der Waals surface area contributed by atoms with Gasteiger partial charge in [0.25, 0.3) is 5.91 Å². The van der Waals surface area contributed by atoms with E-state index in [1.54, 1.807) is 48.5 Å². The van der Waals surface area contributed by atoms with Crippen molar-refractivity contribution in [2.45, 2.75) is 49.5 Å². The highest BCUT2D eigenvalue weighted by Gasteiger charge is 2.25. The zero-order valence-corrected chi connectivity index (χ0v) is 19.3. The standard InChI is InChI=1S/C25H29N3O4S/c29-24(15-10-19-8-11-20(12-9-19)25(30)27-21-13-14-21)26-22-6-5-7-23(18-22)33(31,32)28-16-3-1-2-4-17-28/h5-12,15,18,21H,1-4,13-14,16-17H2,(H,26,29)(H,27,30). The maximum atomic E-state index is 13.0. The Morgan fingerprint density at radius 2 is 1.64 bits per heavy atom. The maximum absolute atomic E-state index is 13.0. The second kappa shape index (κ2) is 10.3. The molecule has 1 saturated heterocycles. The minimum Gasteiger partial charge on any atom is -0.349 e. The van der Waals surface area contributed by atoms with Gasteiger partial charge in [0.1, 0.15) is 0 Å². The van der Waals surface area contributed by atoms with Crippen LogP contribution in [0.1, 0.15) is 54.4 Å². The summed E-state index contributed by atoms with van der Waals surface area (Å²) in [6.07, 6.45) is 8.93. The van der Waals surface area contributed by atoms with Crippen molar-refractivity contribution in [2.24, 2.45) is 0 Å². The average Bonchev–Trinajstić information content (AvgIpc) is 3.65. The Kier molecular flexibility index (Phi) is 7.25. The molecule has 2 aromatic rings. The lowest BCUT2D eigenvalue weighted by molar-refractivity contribution is -0.111. The number of nitrogens with one attached hydrogen (secondary N) is 2. The molecule has 174 valence electrons. The van der Waals surface area contributed by atoms with Crippen LogP contribution in [-0.2, 0) is 14.8 Å². The summed E-state index contributed by atoms with van der Waals surface area (Å²) in [6, 6.07) is 13.7. The lowest BCUT2D eigenvalue weighted by Gasteiger charge is -2.20. The zero-order chi connectivity index (χ0) is 23.3. The summed E-state index contributed by atoms with van der Waals surface area (Å²) in [5.74, 6) is -0.448. The average molecular weight is 468 g/mol. The molecule has 1 aliphatic heterocycles. The van der Waals surface area contributed by atoms with E-state index in [1.807, 2.05) is 0 Å². The van der Waals surface area contributed by atoms with Crippen LogP contribution in [0, 0.1) is 0 Å². The van der Waals surface area contributed by atoms with Crippen molar-refractivity contribution in [1.29, 1.82) is 0 Å². The van der Waals surface area contributed by atoms with Gasteiger partial charge in [0.05, 0.1) is 4.90 Å². The Hall–Kier alpha value is -2.97. The van der Waals surface area contributed by atoms with Crippen molar-refractivity contribution in [1.82, 2.24) is 9.62 Å². The van der Waals surface area contributed by atoms with Gasteiger partial charge >= 0.3 is 0 Å². The van der Waals surface area contributed by atoms with Crippen molar-refractivity contribution < 1.29 is 18.0 Å². The normalized spacial score (nSPS) is 17.5. The number of sulfonamides is 1. The number of benzene rings is 2. The molecule has 2 fully saturated rings. The zero-order valence-electron chi connectivity index (χ0n) is 18.5. The van der Waals surface area contributed by atoms with Gasteiger partial charge in [0.15, 0.2) is 0 Å². The summed E-state index contributed by atoms with van der Waals surface area (Å²) < 4.78 is 27.5. The van der Waals surface area contributed by atoms with E-state index in [9.17, 15) is 18.0 Å². The predicted molar refractivity (Wildman–Crippen MR) is 128 cm³/mol. The van der Waals surface area contributed by atoms with E-state index in [-0.39, 0.29) is 16.7 Å². The molecule has 1 heterocycles. The molecule has 0 spiro atoms. The summed E-state index contributed by atoms with van der Waals surface area (Å²) in [5.41, 5.74) is 1.80. The smallest absolute Gasteiger partial charge is 0.251 e. The number of carbonyl (C=O) groups excluding carboxylic acids is 2. The van der Waals surface area contributed by atoms with Crippen molar-refractivity contribution >= 4 is 33.6 Å². The third-order valence-electron chi connectivity index (χ3n) is 5.82. The number of hydrogen-bond donors (Lipinski definition) is 2. The summed E-state index contributed by atoms with van der Waals surface area (Å²) >= 11 is 0. The third-order valence-corrected chi connectivity index (χ3v) is 7.71. The molecule has 0 bridgehead atoms. The van der Waals surface area contributed by atoms with E-state index >= 15 is 0 Å². The van der Waals surface area contributed by atoms with Crippen molar-refractivity contribution in [3.8, 4) is 0 Å². The number of rotatable bonds is 7. The van der Waals surface area contributed by atoms with Gasteiger partial charge in [-0.1, -0.05) is 31.0 Å². The minimum atomic E-state index is -3.58. The minimum absolute atomic E-state index is 0.0826. The van der Waals surface area contributed by atoms with Crippen LogP contribution in [0.25, 0.3) is 6.08 Å². The van der Waals surface area contributed by atoms with Crippen LogP contribution in [0.3, 0.4) is 0 Å². The van der Waals surface area contributed by atoms with Gasteiger partial charge in [-0.2, -0.15) is 4.31 Å². The van der Waals surface area contributed by atoms with Gasteiger partial charge in [-0.25, -0.2) is 8.42 Å². The molecule has 4 rings (SSSR count). The first kappa shape index (κ1) is 23.2. The van der Waals surface area contributed by atoms with Crippen molar-refractivity contribution in [2.75, 3.05) is 18.4 Å². The third kappa shape index (κ3) is 6.30. The van der Waals surface area contributed by atoms with Gasteiger partial charge in [-0.3, -0.25) is 9.59 Å². The van der Waals surface area contributed by atoms with Gasteiger partial charge in [-0.05, 0) is 67.7 Å². The lowest BCUT2D eigenvalue weighted by atomic mass is 10.1. The maximum Gasteiger partial charge on any atom is 0.251 e. The SMILES string of the molecule is O=C(C=Cc1ccc(C(=O)NC2CC2)cc1)Nc1cccc(S(=O)(=O)N2CCCCCC2)c1. The molecule has 0 radical (unpaired) electrons. The molecule has 2 aromatic carbocycles. The van der Waals surface area contributed by atoms with Gasteiger partial charge in [0, 0.05) is 36.5 Å². The number of anilines is 1. The Morgan fingerprint density at radius 1 is 0.939 bits per heavy atom. The monoisotopic (exact) mass is 467 g/mol. The van der Waals surface area contributed by atoms with Crippen molar-refractivity contribution in [3.05, 3.63) is 65.7 Å². The fourth-order valence-electron chi connectivity index (χ4n) is 3.76. The van der Waals surface area contributed by atoms with Crippen LogP contribution in [-0.4, -0.2) is 43.7 Å². The summed E-state index contributed by atoms with van der Waals surface area (Å²) in [6.45, 7) is 1.06. The van der Waals surface area contributed by atoms with E-state index in [1.165, 1.54) is 16.4 Å². The van der Waals surface area contributed by atoms with Crippen LogP contribution in [0.5, 0.6) is 0 Å². The van der Waals surface area contributed by atoms with Crippen LogP contribution >= 0.6 is 0 Å². The van der Waals surface area contributed by atoms with Gasteiger partial charge in [-0.15, -0.1) is 0 Å². The molecule has 2 N–H and O–H groups in total. The first-order valence-corrected chi connectivity index (χ1v) is 12.9. The topological polar surface area (TPSA) is 95.6 Å². The first-order valence-electron chi connectivity index (χ1n) is 11.4. The quantitative estimate of drug-likeness (QED) is 0.606. The van der Waals surface area contributed by atoms with Gasteiger partial charge < -0.3 is 10.6 Å². The highest BCUT2D eigenvalue weighted by atomic mass is 32.2. The first-order chi connectivity index (χ1) is 15.9. The highest BCUT2D eigenvalue weighted by Crippen LogP contribution is 2.23. The highest BCUT2D eigenvalue weighted by molar-refractivity contribution is 7.89. The Morgan fingerprint density at radius 3 is 2.30 bits per heavy atom. The van der Waals surface area contributed by atoms with Crippen LogP contribution in [0.4, 0.5) is 5.69 Å². The molecular formula is C25H29N3O4S. The summed E-state index contributed by atoms with van der Waals surface area (Å²) in [7, 11) is -3.58. The van der Waals surface area contributed by atoms with E-state index in [0.29, 0.717) is 30.4 Å². The van der Waals surface area contributed by atoms with Gasteiger partial charge in [0.2, 0.25) is 15.9 Å². The Labute approximate surface area is 194 Å². The van der Waals surface area contributed by atoms with Crippen molar-refractivity contribution in [3.63, 3.8) is 0 Å². The van der Waals surface area contributed by atoms with E-state index < -0.39 is 10.0 Å². The summed E-state index contributed by atoms with van der Waals surface area (Å²) in [5, 5.41) is 5.66. The fraction of sp³-hybridized carbons (Fsp3) is 0.360. The molecular weight excluding hydrogens is 438 g/mol. The molecule has 33 heavy (non-hydrogen) atoms. The number of nitrogens with zero attached hydrogens (tertiary/aromatic N) is 1. The molecule has 7 nitrogen and oxygen atoms in total. The molecule has 8 heteroatoms. The lowest BCUT2D eigenvalue weighted by Crippen LogP contribution is -2.32. The molecule has 2 aliphatic rings. The number of hydrogen-bond acceptors (Lipinski definition) is 4. The second-order valence-electron chi connectivity index (χ2n) is 8.54. The van der Waals surface area contributed by atoms with E-state index in [0.717, 1.165) is 44.1 Å². The molecule has 2 amide bonds. The number of carbonyl (C=O) groups is 2. The van der Waals surface area contributed by atoms with Crippen LogP contribution < -0.4 is 10.6 Å². The molecule has 0 atom stereocenters. The molecule has 0 unspecified atom stereocenters. The largest absolute Gasteiger partial charge is 0.349 e. The molecule has 0 aromatic heterocycles. The van der Waals surface area contributed by atoms with E-state index in [4.69, 9.17) is 0 Å². The summed E-state index contributed by atoms with van der Waals surface area (Å²) in [4.78, 5) is 24.6. The Bertz CT molecular complexity index is 1130. The molecule has 1 aliphatic carbocycles.